The van der Waals surface area contributed by atoms with Gasteiger partial charge in [-0.15, -0.1) is 0 Å². The maximum atomic E-state index is 12.1. The average Bonchev–Trinajstić information content (AvgIpc) is 2.85. The fourth-order valence-electron chi connectivity index (χ4n) is 2.07. The van der Waals surface area contributed by atoms with Crippen LogP contribution in [0.3, 0.4) is 0 Å². The third kappa shape index (κ3) is 2.68. The van der Waals surface area contributed by atoms with E-state index in [1.807, 2.05) is 26.0 Å². The van der Waals surface area contributed by atoms with Gasteiger partial charge in [0.25, 0.3) is 6.01 Å². The molecule has 0 unspecified atom stereocenters. The highest BCUT2D eigenvalue weighted by Crippen LogP contribution is 2.25. The number of para-hydroxylation sites is 1. The van der Waals surface area contributed by atoms with Crippen LogP contribution in [0, 0.1) is 0 Å². The molecule has 2 rings (SSSR count). The van der Waals surface area contributed by atoms with Crippen molar-refractivity contribution in [2.45, 2.75) is 13.8 Å². The molecule has 0 aliphatic heterocycles. The molecule has 0 spiro atoms. The van der Waals surface area contributed by atoms with Crippen LogP contribution in [0.5, 0.6) is 0 Å². The lowest BCUT2D eigenvalue weighted by Crippen LogP contribution is -2.38. The average molecular weight is 276 g/mol. The second kappa shape index (κ2) is 5.81. The minimum Gasteiger partial charge on any atom is -0.423 e. The van der Waals surface area contributed by atoms with Crippen molar-refractivity contribution >= 4 is 28.7 Å². The normalized spacial score (nSPS) is 10.8. The second-order valence-electron chi connectivity index (χ2n) is 4.61. The van der Waals surface area contributed by atoms with Crippen LogP contribution in [0.1, 0.15) is 13.8 Å². The van der Waals surface area contributed by atoms with Crippen LogP contribution in [0.15, 0.2) is 22.6 Å². The summed E-state index contributed by atoms with van der Waals surface area (Å²) in [5, 5.41) is 0. The molecule has 1 aromatic carbocycles. The summed E-state index contributed by atoms with van der Waals surface area (Å²) in [7, 11) is 1.78. The van der Waals surface area contributed by atoms with Gasteiger partial charge in [-0.25, -0.2) is 0 Å². The molecule has 0 atom stereocenters. The molecule has 1 heterocycles. The maximum absolute atomic E-state index is 12.1. The molecule has 6 nitrogen and oxygen atoms in total. The number of nitrogen functional groups attached to an aromatic ring is 1. The van der Waals surface area contributed by atoms with Gasteiger partial charge in [0.2, 0.25) is 5.91 Å². The van der Waals surface area contributed by atoms with Crippen LogP contribution < -0.4 is 10.6 Å². The molecule has 20 heavy (non-hydrogen) atoms. The first kappa shape index (κ1) is 14.2. The zero-order valence-electron chi connectivity index (χ0n) is 12.1. The Morgan fingerprint density at radius 2 is 2.05 bits per heavy atom. The Bertz CT molecular complexity index is 604. The number of carbonyl (C=O) groups excluding carboxylic acids is 1. The van der Waals surface area contributed by atoms with Gasteiger partial charge >= 0.3 is 0 Å². The first-order chi connectivity index (χ1) is 9.56. The van der Waals surface area contributed by atoms with Crippen LogP contribution >= 0.6 is 0 Å². The number of anilines is 2. The lowest BCUT2D eigenvalue weighted by atomic mass is 10.3. The molecule has 0 saturated carbocycles. The minimum absolute atomic E-state index is 0.0488. The molecule has 6 heteroatoms. The third-order valence-corrected chi connectivity index (χ3v) is 3.25. The third-order valence-electron chi connectivity index (χ3n) is 3.25. The molecule has 0 aliphatic carbocycles. The summed E-state index contributed by atoms with van der Waals surface area (Å²) in [6.07, 6.45) is 0. The van der Waals surface area contributed by atoms with Crippen LogP contribution in [0.25, 0.3) is 11.1 Å². The van der Waals surface area contributed by atoms with Crippen LogP contribution in [0.4, 0.5) is 11.7 Å². The van der Waals surface area contributed by atoms with Gasteiger partial charge in [-0.05, 0) is 26.0 Å². The van der Waals surface area contributed by atoms with Crippen molar-refractivity contribution in [3.8, 4) is 0 Å². The summed E-state index contributed by atoms with van der Waals surface area (Å²) in [5.41, 5.74) is 7.67. The number of rotatable bonds is 5. The predicted molar refractivity (Wildman–Crippen MR) is 79.6 cm³/mol. The van der Waals surface area contributed by atoms with E-state index in [0.717, 1.165) is 0 Å². The monoisotopic (exact) mass is 276 g/mol. The Hall–Kier alpha value is -2.24. The van der Waals surface area contributed by atoms with E-state index in [1.54, 1.807) is 22.9 Å². The molecule has 108 valence electrons. The molecule has 1 amide bonds. The highest BCUT2D eigenvalue weighted by Gasteiger charge is 2.17. The van der Waals surface area contributed by atoms with Crippen LogP contribution in [-0.4, -0.2) is 42.5 Å². The number of nitrogens with zero attached hydrogens (tertiary/aromatic N) is 3. The smallest absolute Gasteiger partial charge is 0.298 e. The summed E-state index contributed by atoms with van der Waals surface area (Å²) in [6.45, 7) is 5.55. The highest BCUT2D eigenvalue weighted by molar-refractivity contribution is 5.87. The van der Waals surface area contributed by atoms with Crippen molar-refractivity contribution in [2.24, 2.45) is 0 Å². The molecular formula is C14H20N4O2. The Balaban J connectivity index is 2.17. The first-order valence-corrected chi connectivity index (χ1v) is 6.70. The van der Waals surface area contributed by atoms with Gasteiger partial charge in [0, 0.05) is 20.1 Å². The van der Waals surface area contributed by atoms with Crippen molar-refractivity contribution < 1.29 is 9.21 Å². The van der Waals surface area contributed by atoms with Gasteiger partial charge in [-0.2, -0.15) is 4.98 Å². The summed E-state index contributed by atoms with van der Waals surface area (Å²) < 4.78 is 5.62. The molecule has 0 saturated heterocycles. The topological polar surface area (TPSA) is 75.6 Å². The van der Waals surface area contributed by atoms with E-state index < -0.39 is 0 Å². The quantitative estimate of drug-likeness (QED) is 0.841. The van der Waals surface area contributed by atoms with Crippen LogP contribution in [0.2, 0.25) is 0 Å². The van der Waals surface area contributed by atoms with E-state index in [2.05, 4.69) is 4.98 Å². The summed E-state index contributed by atoms with van der Waals surface area (Å²) in [4.78, 5) is 19.9. The highest BCUT2D eigenvalue weighted by atomic mass is 16.4. The fourth-order valence-corrected chi connectivity index (χ4v) is 2.07. The molecule has 2 aromatic rings. The number of fused-ring (bicyclic) bond motifs is 1. The molecule has 1 aromatic heterocycles. The molecule has 0 bridgehead atoms. The molecular weight excluding hydrogens is 256 g/mol. The molecule has 2 N–H and O–H groups in total. The van der Waals surface area contributed by atoms with E-state index in [0.29, 0.717) is 35.9 Å². The zero-order chi connectivity index (χ0) is 14.7. The van der Waals surface area contributed by atoms with Gasteiger partial charge in [0.1, 0.15) is 12.1 Å². The lowest BCUT2D eigenvalue weighted by Gasteiger charge is -2.22. The number of benzene rings is 1. The largest absolute Gasteiger partial charge is 0.423 e. The van der Waals surface area contributed by atoms with Gasteiger partial charge < -0.3 is 20.0 Å². The fraction of sp³-hybridized carbons (Fsp3) is 0.429. The number of hydrogen-bond donors (Lipinski definition) is 1. The number of likely N-dealkylation sites (N-methyl/N-ethyl adjacent to an activating group) is 2. The predicted octanol–water partition coefficient (Wildman–Crippen LogP) is 1.71. The maximum Gasteiger partial charge on any atom is 0.298 e. The summed E-state index contributed by atoms with van der Waals surface area (Å²) >= 11 is 0. The van der Waals surface area contributed by atoms with E-state index in [1.165, 1.54) is 0 Å². The van der Waals surface area contributed by atoms with Gasteiger partial charge in [-0.1, -0.05) is 6.07 Å². The second-order valence-corrected chi connectivity index (χ2v) is 4.61. The number of hydrogen-bond acceptors (Lipinski definition) is 5. The zero-order valence-corrected chi connectivity index (χ0v) is 12.1. The van der Waals surface area contributed by atoms with Crippen molar-refractivity contribution in [3.05, 3.63) is 18.2 Å². The Labute approximate surface area is 118 Å². The van der Waals surface area contributed by atoms with Crippen molar-refractivity contribution in [1.82, 2.24) is 9.88 Å². The summed E-state index contributed by atoms with van der Waals surface area (Å²) in [6, 6.07) is 5.80. The van der Waals surface area contributed by atoms with Gasteiger partial charge in [0.15, 0.2) is 5.58 Å². The number of carbonyl (C=O) groups is 1. The van der Waals surface area contributed by atoms with E-state index in [4.69, 9.17) is 10.2 Å². The molecule has 0 fully saturated rings. The van der Waals surface area contributed by atoms with Gasteiger partial charge in [-0.3, -0.25) is 4.79 Å². The Morgan fingerprint density at radius 3 is 2.65 bits per heavy atom. The van der Waals surface area contributed by atoms with Crippen molar-refractivity contribution in [2.75, 3.05) is 37.3 Å². The number of amides is 1. The van der Waals surface area contributed by atoms with Gasteiger partial charge in [0.05, 0.1) is 5.69 Å². The minimum atomic E-state index is 0.0488. The number of aromatic nitrogens is 1. The van der Waals surface area contributed by atoms with Crippen LogP contribution in [-0.2, 0) is 4.79 Å². The Kier molecular flexibility index (Phi) is 4.12. The van der Waals surface area contributed by atoms with Crippen molar-refractivity contribution in [1.29, 1.82) is 0 Å². The van der Waals surface area contributed by atoms with E-state index >= 15 is 0 Å². The number of oxazole rings is 1. The van der Waals surface area contributed by atoms with E-state index in [9.17, 15) is 4.79 Å². The molecule has 0 radical (unpaired) electrons. The first-order valence-electron chi connectivity index (χ1n) is 6.70. The van der Waals surface area contributed by atoms with Crippen molar-refractivity contribution in [3.63, 3.8) is 0 Å². The lowest BCUT2D eigenvalue weighted by molar-refractivity contribution is -0.129. The number of nitrogens with two attached hydrogens (primary N) is 1. The SMILES string of the molecule is CCN(CC)C(=O)CN(C)c1nc2c(N)cccc2o1. The van der Waals surface area contributed by atoms with E-state index in [-0.39, 0.29) is 12.5 Å². The molecule has 0 aliphatic rings. The standard InChI is InChI=1S/C14H20N4O2/c1-4-18(5-2)12(19)9-17(3)14-16-13-10(15)7-6-8-11(13)20-14/h6-8H,4-5,9,15H2,1-3H3. The summed E-state index contributed by atoms with van der Waals surface area (Å²) in [5.74, 6) is 0.0488. The Morgan fingerprint density at radius 1 is 1.35 bits per heavy atom.